The number of nitrogens with zero attached hydrogens (tertiary/aromatic N) is 3. The van der Waals surface area contributed by atoms with Gasteiger partial charge in [-0.1, -0.05) is 32.3 Å². The van der Waals surface area contributed by atoms with Gasteiger partial charge in [-0.2, -0.15) is 4.98 Å². The van der Waals surface area contributed by atoms with Crippen LogP contribution in [-0.2, 0) is 4.74 Å². The molecule has 20 heavy (non-hydrogen) atoms. The second kappa shape index (κ2) is 7.15. The molecule has 0 aromatic carbocycles. The number of ether oxygens (including phenoxy) is 1. The molecule has 0 spiro atoms. The Balaban J connectivity index is 2.01. The standard InChI is InChI=1S/C14H26N4O2/c1-4-6-18-7-8-19-11(9-18)13-16-14(20-17-13)12(15)10(3)5-2/h10-12H,4-9,15H2,1-3H3. The van der Waals surface area contributed by atoms with E-state index in [9.17, 15) is 0 Å². The predicted octanol–water partition coefficient (Wildman–Crippen LogP) is 1.90. The van der Waals surface area contributed by atoms with Crippen LogP contribution in [0.5, 0.6) is 0 Å². The van der Waals surface area contributed by atoms with E-state index in [-0.39, 0.29) is 12.1 Å². The molecule has 3 atom stereocenters. The number of hydrogen-bond donors (Lipinski definition) is 1. The molecule has 1 aromatic rings. The van der Waals surface area contributed by atoms with Gasteiger partial charge in [0.15, 0.2) is 0 Å². The zero-order valence-electron chi connectivity index (χ0n) is 12.7. The molecule has 2 N–H and O–H groups in total. The van der Waals surface area contributed by atoms with Gasteiger partial charge >= 0.3 is 0 Å². The zero-order valence-corrected chi connectivity index (χ0v) is 12.7. The molecule has 0 saturated carbocycles. The molecule has 1 aliphatic rings. The molecular weight excluding hydrogens is 256 g/mol. The maximum absolute atomic E-state index is 6.12. The highest BCUT2D eigenvalue weighted by molar-refractivity contribution is 4.98. The van der Waals surface area contributed by atoms with Gasteiger partial charge in [0, 0.05) is 13.1 Å². The maximum Gasteiger partial charge on any atom is 0.243 e. The van der Waals surface area contributed by atoms with Crippen molar-refractivity contribution in [1.29, 1.82) is 0 Å². The topological polar surface area (TPSA) is 77.4 Å². The summed E-state index contributed by atoms with van der Waals surface area (Å²) in [5.41, 5.74) is 6.12. The van der Waals surface area contributed by atoms with Gasteiger partial charge in [-0.15, -0.1) is 0 Å². The van der Waals surface area contributed by atoms with E-state index in [2.05, 4.69) is 35.8 Å². The van der Waals surface area contributed by atoms with Crippen molar-refractivity contribution in [2.45, 2.75) is 45.8 Å². The molecule has 0 amide bonds. The fourth-order valence-corrected chi connectivity index (χ4v) is 2.39. The molecule has 0 bridgehead atoms. The Morgan fingerprint density at radius 1 is 1.45 bits per heavy atom. The van der Waals surface area contributed by atoms with Gasteiger partial charge in [-0.25, -0.2) is 0 Å². The summed E-state index contributed by atoms with van der Waals surface area (Å²) >= 11 is 0. The third-order valence-corrected chi connectivity index (χ3v) is 3.98. The molecule has 3 unspecified atom stereocenters. The van der Waals surface area contributed by atoms with Crippen LogP contribution in [0, 0.1) is 5.92 Å². The van der Waals surface area contributed by atoms with Gasteiger partial charge in [-0.05, 0) is 18.9 Å². The van der Waals surface area contributed by atoms with Crippen LogP contribution in [0.25, 0.3) is 0 Å². The van der Waals surface area contributed by atoms with E-state index in [1.807, 2.05) is 0 Å². The first-order valence-electron chi connectivity index (χ1n) is 7.58. The van der Waals surface area contributed by atoms with Crippen LogP contribution in [0.2, 0.25) is 0 Å². The Hall–Kier alpha value is -0.980. The monoisotopic (exact) mass is 282 g/mol. The maximum atomic E-state index is 6.12. The summed E-state index contributed by atoms with van der Waals surface area (Å²) in [6.45, 7) is 9.97. The average Bonchev–Trinajstić information content (AvgIpc) is 2.96. The quantitative estimate of drug-likeness (QED) is 0.858. The van der Waals surface area contributed by atoms with Crippen LogP contribution in [0.3, 0.4) is 0 Å². The van der Waals surface area contributed by atoms with E-state index >= 15 is 0 Å². The fourth-order valence-electron chi connectivity index (χ4n) is 2.39. The third-order valence-electron chi connectivity index (χ3n) is 3.98. The van der Waals surface area contributed by atoms with Crippen LogP contribution in [0.4, 0.5) is 0 Å². The molecule has 6 nitrogen and oxygen atoms in total. The Kier molecular flexibility index (Phi) is 5.51. The number of nitrogens with two attached hydrogens (primary N) is 1. The van der Waals surface area contributed by atoms with Gasteiger partial charge in [0.25, 0.3) is 0 Å². The van der Waals surface area contributed by atoms with Gasteiger partial charge < -0.3 is 15.0 Å². The molecule has 114 valence electrons. The van der Waals surface area contributed by atoms with Crippen molar-refractivity contribution < 1.29 is 9.26 Å². The van der Waals surface area contributed by atoms with Crippen LogP contribution in [0.1, 0.15) is 57.5 Å². The molecule has 0 aliphatic carbocycles. The highest BCUT2D eigenvalue weighted by Crippen LogP contribution is 2.24. The first-order chi connectivity index (χ1) is 9.65. The highest BCUT2D eigenvalue weighted by Gasteiger charge is 2.27. The minimum absolute atomic E-state index is 0.100. The molecule has 1 saturated heterocycles. The van der Waals surface area contributed by atoms with Crippen LogP contribution >= 0.6 is 0 Å². The second-order valence-electron chi connectivity index (χ2n) is 5.56. The van der Waals surface area contributed by atoms with E-state index in [1.54, 1.807) is 0 Å². The summed E-state index contributed by atoms with van der Waals surface area (Å²) in [7, 11) is 0. The van der Waals surface area contributed by atoms with E-state index in [4.69, 9.17) is 15.0 Å². The van der Waals surface area contributed by atoms with E-state index in [0.29, 0.717) is 24.2 Å². The normalized spacial score (nSPS) is 23.7. The summed E-state index contributed by atoms with van der Waals surface area (Å²) in [6.07, 6.45) is 2.03. The number of rotatable bonds is 6. The van der Waals surface area contributed by atoms with E-state index in [0.717, 1.165) is 32.5 Å². The van der Waals surface area contributed by atoms with Crippen LogP contribution < -0.4 is 5.73 Å². The van der Waals surface area contributed by atoms with Crippen LogP contribution in [0.15, 0.2) is 4.52 Å². The van der Waals surface area contributed by atoms with Crippen molar-refractivity contribution in [3.05, 3.63) is 11.7 Å². The minimum atomic E-state index is -0.198. The molecule has 0 radical (unpaired) electrons. The lowest BCUT2D eigenvalue weighted by molar-refractivity contribution is -0.0350. The summed E-state index contributed by atoms with van der Waals surface area (Å²) in [5, 5.41) is 4.05. The summed E-state index contributed by atoms with van der Waals surface area (Å²) in [4.78, 5) is 6.82. The smallest absolute Gasteiger partial charge is 0.243 e. The lowest BCUT2D eigenvalue weighted by Gasteiger charge is -2.30. The molecule has 1 aliphatic heterocycles. The molecule has 1 aromatic heterocycles. The molecule has 2 heterocycles. The number of aromatic nitrogens is 2. The summed E-state index contributed by atoms with van der Waals surface area (Å²) in [6, 6.07) is -0.198. The molecule has 1 fully saturated rings. The van der Waals surface area contributed by atoms with Gasteiger partial charge in [-0.3, -0.25) is 4.90 Å². The lowest BCUT2D eigenvalue weighted by atomic mass is 10.0. The molecular formula is C14H26N4O2. The summed E-state index contributed by atoms with van der Waals surface area (Å²) < 4.78 is 11.1. The Morgan fingerprint density at radius 3 is 2.95 bits per heavy atom. The Morgan fingerprint density at radius 2 is 2.25 bits per heavy atom. The zero-order chi connectivity index (χ0) is 14.5. The Bertz CT molecular complexity index is 408. The number of hydrogen-bond acceptors (Lipinski definition) is 6. The first-order valence-corrected chi connectivity index (χ1v) is 7.58. The summed E-state index contributed by atoms with van der Waals surface area (Å²) in [5.74, 6) is 1.47. The van der Waals surface area contributed by atoms with Crippen molar-refractivity contribution in [3.63, 3.8) is 0 Å². The third kappa shape index (κ3) is 3.56. The van der Waals surface area contributed by atoms with E-state index < -0.39 is 0 Å². The van der Waals surface area contributed by atoms with Crippen molar-refractivity contribution in [2.75, 3.05) is 26.2 Å². The second-order valence-corrected chi connectivity index (χ2v) is 5.56. The van der Waals surface area contributed by atoms with Crippen molar-refractivity contribution >= 4 is 0 Å². The van der Waals surface area contributed by atoms with Crippen LogP contribution in [-0.4, -0.2) is 41.3 Å². The van der Waals surface area contributed by atoms with Gasteiger partial charge in [0.1, 0.15) is 6.10 Å². The fraction of sp³-hybridized carbons (Fsp3) is 0.857. The van der Waals surface area contributed by atoms with Crippen molar-refractivity contribution in [3.8, 4) is 0 Å². The lowest BCUT2D eigenvalue weighted by Crippen LogP contribution is -2.39. The number of morpholine rings is 1. The predicted molar refractivity (Wildman–Crippen MR) is 76.1 cm³/mol. The average molecular weight is 282 g/mol. The largest absolute Gasteiger partial charge is 0.367 e. The Labute approximate surface area is 120 Å². The van der Waals surface area contributed by atoms with Crippen molar-refractivity contribution in [2.24, 2.45) is 11.7 Å². The van der Waals surface area contributed by atoms with Gasteiger partial charge in [0.05, 0.1) is 12.6 Å². The molecule has 2 rings (SSSR count). The van der Waals surface area contributed by atoms with E-state index in [1.165, 1.54) is 0 Å². The SMILES string of the molecule is CCCN1CCOC(c2noc(C(N)C(C)CC)n2)C1. The minimum Gasteiger partial charge on any atom is -0.367 e. The highest BCUT2D eigenvalue weighted by atomic mass is 16.5. The van der Waals surface area contributed by atoms with Gasteiger partial charge in [0.2, 0.25) is 11.7 Å². The first kappa shape index (κ1) is 15.4. The van der Waals surface area contributed by atoms with Crippen molar-refractivity contribution in [1.82, 2.24) is 15.0 Å². The molecule has 6 heteroatoms.